The Hall–Kier alpha value is -2.54. The number of hydrogen-bond donors (Lipinski definition) is 2. The lowest BCUT2D eigenvalue weighted by molar-refractivity contribution is -0.872. The minimum absolute atomic E-state index is 0.0166. The van der Waals surface area contributed by atoms with Crippen molar-refractivity contribution in [2.24, 2.45) is 0 Å². The van der Waals surface area contributed by atoms with Gasteiger partial charge in [0.15, 0.2) is 0 Å². The number of nitrogens with zero attached hydrogens (tertiary/aromatic N) is 1. The monoisotopic (exact) mass is 349 g/mol. The molecule has 0 aliphatic heterocycles. The molecule has 0 saturated heterocycles. The predicted molar refractivity (Wildman–Crippen MR) is 92.8 cm³/mol. The topological polar surface area (TPSA) is 82.2 Å². The van der Waals surface area contributed by atoms with Crippen molar-refractivity contribution in [1.29, 1.82) is 0 Å². The van der Waals surface area contributed by atoms with Crippen LogP contribution in [0.3, 0.4) is 0 Å². The van der Waals surface area contributed by atoms with Crippen molar-refractivity contribution in [2.45, 2.75) is 26.9 Å². The maximum Gasteiger partial charge on any atom is 0.340 e. The minimum Gasteiger partial charge on any atom is -0.507 e. The highest BCUT2D eigenvalue weighted by molar-refractivity contribution is 6.08. The lowest BCUT2D eigenvalue weighted by atomic mass is 10.0. The van der Waals surface area contributed by atoms with Crippen LogP contribution in [0.5, 0.6) is 5.75 Å². The largest absolute Gasteiger partial charge is 0.507 e. The second kappa shape index (κ2) is 7.57. The molecule has 2 aromatic rings. The number of benzene rings is 1. The molecule has 0 aliphatic carbocycles. The highest BCUT2D eigenvalue weighted by atomic mass is 16.5. The van der Waals surface area contributed by atoms with Crippen molar-refractivity contribution >= 4 is 22.8 Å². The van der Waals surface area contributed by atoms with Gasteiger partial charge in [-0.05, 0) is 26.0 Å². The molecule has 0 unspecified atom stereocenters. The lowest BCUT2D eigenvalue weighted by Crippen LogP contribution is -3.04. The number of carbonyl (C=O) groups excluding carboxylic acids is 2. The molecule has 7 nitrogen and oxygen atoms in total. The van der Waals surface area contributed by atoms with Crippen LogP contribution < -0.4 is 4.90 Å². The molecular weight excluding hydrogens is 324 g/mol. The van der Waals surface area contributed by atoms with E-state index in [9.17, 15) is 14.7 Å². The van der Waals surface area contributed by atoms with Gasteiger partial charge in [0.25, 0.3) is 0 Å². The Bertz CT molecular complexity index is 808. The number of esters is 2. The minimum atomic E-state index is -0.464. The molecule has 0 fully saturated rings. The van der Waals surface area contributed by atoms with Crippen LogP contribution in [0.25, 0.3) is 10.9 Å². The van der Waals surface area contributed by atoms with E-state index in [1.807, 2.05) is 14.1 Å². The predicted octanol–water partition coefficient (Wildman–Crippen LogP) is 0.650. The van der Waals surface area contributed by atoms with Crippen molar-refractivity contribution in [1.82, 2.24) is 4.57 Å². The molecule has 1 heterocycles. The van der Waals surface area contributed by atoms with E-state index in [1.165, 1.54) is 7.11 Å². The maximum absolute atomic E-state index is 12.6. The number of fused-ring (bicyclic) bond motifs is 1. The summed E-state index contributed by atoms with van der Waals surface area (Å²) in [4.78, 5) is 25.4. The van der Waals surface area contributed by atoms with Crippen LogP contribution in [-0.2, 0) is 27.4 Å². The second-order valence-electron chi connectivity index (χ2n) is 6.18. The molecule has 136 valence electrons. The summed E-state index contributed by atoms with van der Waals surface area (Å²) in [6.45, 7) is 4.26. The molecule has 0 amide bonds. The number of aromatic nitrogens is 1. The fourth-order valence-electron chi connectivity index (χ4n) is 3.01. The number of carbonyl (C=O) groups is 2. The molecule has 0 atom stereocenters. The van der Waals surface area contributed by atoms with Gasteiger partial charge < -0.3 is 24.0 Å². The van der Waals surface area contributed by atoms with E-state index in [1.54, 1.807) is 30.5 Å². The Morgan fingerprint density at radius 2 is 1.96 bits per heavy atom. The third-order valence-electron chi connectivity index (χ3n) is 4.10. The van der Waals surface area contributed by atoms with Gasteiger partial charge in [-0.25, -0.2) is 4.79 Å². The summed E-state index contributed by atoms with van der Waals surface area (Å²) in [5.74, 6) is -0.757. The Kier molecular flexibility index (Phi) is 5.69. The number of hydrogen-bond acceptors (Lipinski definition) is 5. The normalized spacial score (nSPS) is 11.1. The Balaban J connectivity index is 2.81. The van der Waals surface area contributed by atoms with Crippen LogP contribution in [0.4, 0.5) is 0 Å². The van der Waals surface area contributed by atoms with Crippen molar-refractivity contribution < 1.29 is 29.1 Å². The number of aromatic hydroxyl groups is 1. The summed E-state index contributed by atoms with van der Waals surface area (Å²) in [5.41, 5.74) is 2.35. The van der Waals surface area contributed by atoms with E-state index >= 15 is 0 Å². The summed E-state index contributed by atoms with van der Waals surface area (Å²) < 4.78 is 11.7. The average Bonchev–Trinajstić information content (AvgIpc) is 2.82. The number of phenolic OH excluding ortho intramolecular Hbond substituents is 1. The number of nitrogens with one attached hydrogen (secondary N) is 1. The Morgan fingerprint density at radius 1 is 1.28 bits per heavy atom. The van der Waals surface area contributed by atoms with Crippen molar-refractivity contribution in [3.8, 4) is 5.75 Å². The number of rotatable bonds is 6. The summed E-state index contributed by atoms with van der Waals surface area (Å²) in [7, 11) is 5.24. The Labute approximate surface area is 146 Å². The maximum atomic E-state index is 12.6. The van der Waals surface area contributed by atoms with Gasteiger partial charge in [-0.1, -0.05) is 0 Å². The molecule has 2 N–H and O–H groups in total. The number of phenols is 1. The first kappa shape index (κ1) is 18.8. The molecule has 7 heteroatoms. The zero-order chi connectivity index (χ0) is 18.7. The van der Waals surface area contributed by atoms with Crippen LogP contribution in [0.15, 0.2) is 12.1 Å². The van der Waals surface area contributed by atoms with E-state index < -0.39 is 11.9 Å². The molecule has 0 radical (unpaired) electrons. The van der Waals surface area contributed by atoms with Gasteiger partial charge in [0, 0.05) is 11.1 Å². The van der Waals surface area contributed by atoms with Gasteiger partial charge in [0.2, 0.25) is 0 Å². The van der Waals surface area contributed by atoms with Crippen LogP contribution >= 0.6 is 0 Å². The summed E-state index contributed by atoms with van der Waals surface area (Å²) in [6, 6.07) is 3.29. The van der Waals surface area contributed by atoms with Gasteiger partial charge in [-0.15, -0.1) is 0 Å². The second-order valence-corrected chi connectivity index (χ2v) is 6.18. The quantitative estimate of drug-likeness (QED) is 0.749. The van der Waals surface area contributed by atoms with Gasteiger partial charge >= 0.3 is 11.9 Å². The Morgan fingerprint density at radius 3 is 2.52 bits per heavy atom. The van der Waals surface area contributed by atoms with E-state index in [4.69, 9.17) is 9.47 Å². The third-order valence-corrected chi connectivity index (χ3v) is 4.10. The summed E-state index contributed by atoms with van der Waals surface area (Å²) >= 11 is 0. The van der Waals surface area contributed by atoms with Gasteiger partial charge in [-0.3, -0.25) is 4.79 Å². The van der Waals surface area contributed by atoms with E-state index in [-0.39, 0.29) is 18.9 Å². The first-order valence-corrected chi connectivity index (χ1v) is 8.18. The number of methoxy groups -OCH3 is 1. The molecule has 0 saturated carbocycles. The molecule has 25 heavy (non-hydrogen) atoms. The van der Waals surface area contributed by atoms with Crippen LogP contribution in [0.2, 0.25) is 0 Å². The van der Waals surface area contributed by atoms with Crippen molar-refractivity contribution in [2.75, 3.05) is 27.8 Å². The highest BCUT2D eigenvalue weighted by Gasteiger charge is 2.26. The zero-order valence-corrected chi connectivity index (χ0v) is 15.3. The average molecular weight is 349 g/mol. The van der Waals surface area contributed by atoms with Gasteiger partial charge in [0.1, 0.15) is 18.8 Å². The third kappa shape index (κ3) is 3.61. The van der Waals surface area contributed by atoms with Crippen LogP contribution in [0.1, 0.15) is 28.5 Å². The standard InChI is InChI=1S/C18H24N2O5/c1-6-25-18(23)16-11(2)20(10-15(22)24-5)13-7-8-14(21)12(17(13)16)9-19(3)4/h7-8,21H,6,9-10H2,1-5H3/p+1. The lowest BCUT2D eigenvalue weighted by Gasteiger charge is -2.12. The van der Waals surface area contributed by atoms with Gasteiger partial charge in [0.05, 0.1) is 44.5 Å². The van der Waals surface area contributed by atoms with Crippen LogP contribution in [-0.4, -0.2) is 49.4 Å². The fraction of sp³-hybridized carbons (Fsp3) is 0.444. The van der Waals surface area contributed by atoms with E-state index in [0.29, 0.717) is 34.3 Å². The molecule has 0 spiro atoms. The van der Waals surface area contributed by atoms with E-state index in [2.05, 4.69) is 0 Å². The number of quaternary nitrogens is 1. The zero-order valence-electron chi connectivity index (χ0n) is 15.3. The molecule has 1 aromatic heterocycles. The van der Waals surface area contributed by atoms with Crippen LogP contribution in [0, 0.1) is 6.92 Å². The smallest absolute Gasteiger partial charge is 0.340 e. The summed E-state index contributed by atoms with van der Waals surface area (Å²) in [6.07, 6.45) is 0. The fourth-order valence-corrected chi connectivity index (χ4v) is 3.01. The summed E-state index contributed by atoms with van der Waals surface area (Å²) in [5, 5.41) is 11.0. The molecule has 0 bridgehead atoms. The van der Waals surface area contributed by atoms with Crippen molar-refractivity contribution in [3.05, 3.63) is 29.0 Å². The van der Waals surface area contributed by atoms with Crippen molar-refractivity contribution in [3.63, 3.8) is 0 Å². The van der Waals surface area contributed by atoms with E-state index in [0.717, 1.165) is 4.90 Å². The molecule has 2 rings (SSSR count). The highest BCUT2D eigenvalue weighted by Crippen LogP contribution is 2.34. The number of ether oxygens (including phenoxy) is 2. The molecule has 0 aliphatic rings. The first-order valence-electron chi connectivity index (χ1n) is 8.18. The first-order chi connectivity index (χ1) is 11.8. The molecular formula is C18H25N2O5+. The van der Waals surface area contributed by atoms with Gasteiger partial charge in [-0.2, -0.15) is 0 Å². The molecule has 1 aromatic carbocycles. The SMILES string of the molecule is CCOC(=O)c1c(C)n(CC(=O)OC)c2ccc(O)c(C[NH+](C)C)c12.